The lowest BCUT2D eigenvalue weighted by atomic mass is 10.0. The topological polar surface area (TPSA) is 44.8 Å². The Balaban J connectivity index is 2.14. The number of methoxy groups -OCH3 is 2. The van der Waals surface area contributed by atoms with Crippen molar-refractivity contribution in [1.82, 2.24) is 0 Å². The molecule has 24 heavy (non-hydrogen) atoms. The van der Waals surface area contributed by atoms with Crippen molar-refractivity contribution >= 4 is 5.78 Å². The fourth-order valence-corrected chi connectivity index (χ4v) is 2.22. The van der Waals surface area contributed by atoms with Gasteiger partial charge in [0.05, 0.1) is 18.8 Å². The highest BCUT2D eigenvalue weighted by molar-refractivity contribution is 5.99. The molecule has 2 aromatic carbocycles. The quantitative estimate of drug-likeness (QED) is 0.685. The first-order valence-corrected chi connectivity index (χ1v) is 7.65. The summed E-state index contributed by atoms with van der Waals surface area (Å²) in [4.78, 5) is 12.3. The molecule has 0 fully saturated rings. The van der Waals surface area contributed by atoms with E-state index in [9.17, 15) is 9.18 Å². The van der Waals surface area contributed by atoms with Crippen molar-refractivity contribution in [2.24, 2.45) is 0 Å². The number of ketones is 1. The summed E-state index contributed by atoms with van der Waals surface area (Å²) in [6.45, 7) is 1.99. The zero-order chi connectivity index (χ0) is 17.5. The van der Waals surface area contributed by atoms with Crippen LogP contribution in [0.25, 0.3) is 0 Å². The van der Waals surface area contributed by atoms with Crippen LogP contribution in [0.4, 0.5) is 4.39 Å². The molecular formula is C19H21FO4. The van der Waals surface area contributed by atoms with E-state index in [2.05, 4.69) is 0 Å². The minimum atomic E-state index is -0.587. The molecule has 0 aliphatic rings. The zero-order valence-corrected chi connectivity index (χ0v) is 14.0. The van der Waals surface area contributed by atoms with Crippen molar-refractivity contribution in [2.45, 2.75) is 26.1 Å². The van der Waals surface area contributed by atoms with Crippen molar-refractivity contribution < 1.29 is 23.4 Å². The van der Waals surface area contributed by atoms with Crippen molar-refractivity contribution in [3.8, 4) is 11.5 Å². The second kappa shape index (κ2) is 8.45. The standard InChI is InChI=1S/C19H21FO4/c1-13(22-2)11-17(21)19-16(20)5-4-6-18(19)24-12-14-7-9-15(23-3)10-8-14/h4-10,13H,11-12H2,1-3H3. The first-order chi connectivity index (χ1) is 11.5. The van der Waals surface area contributed by atoms with E-state index in [-0.39, 0.29) is 36.2 Å². The molecule has 0 saturated carbocycles. The Hall–Kier alpha value is -2.40. The summed E-state index contributed by atoms with van der Waals surface area (Å²) in [6, 6.07) is 11.7. The van der Waals surface area contributed by atoms with Crippen LogP contribution in [-0.2, 0) is 11.3 Å². The van der Waals surface area contributed by atoms with Gasteiger partial charge >= 0.3 is 0 Å². The summed E-state index contributed by atoms with van der Waals surface area (Å²) < 4.78 is 30.0. The van der Waals surface area contributed by atoms with E-state index in [1.807, 2.05) is 24.3 Å². The molecule has 0 N–H and O–H groups in total. The number of benzene rings is 2. The molecule has 1 unspecified atom stereocenters. The molecule has 0 aliphatic carbocycles. The van der Waals surface area contributed by atoms with Gasteiger partial charge in [0.1, 0.15) is 23.9 Å². The first kappa shape index (κ1) is 17.9. The van der Waals surface area contributed by atoms with Gasteiger partial charge in [-0.25, -0.2) is 4.39 Å². The third-order valence-corrected chi connectivity index (χ3v) is 3.68. The van der Waals surface area contributed by atoms with E-state index < -0.39 is 5.82 Å². The Labute approximate surface area is 141 Å². The van der Waals surface area contributed by atoms with E-state index >= 15 is 0 Å². The van der Waals surface area contributed by atoms with Gasteiger partial charge in [0.15, 0.2) is 5.78 Å². The molecule has 4 nitrogen and oxygen atoms in total. The summed E-state index contributed by atoms with van der Waals surface area (Å²) in [7, 11) is 3.11. The van der Waals surface area contributed by atoms with E-state index in [1.165, 1.54) is 19.2 Å². The van der Waals surface area contributed by atoms with Crippen LogP contribution in [0.2, 0.25) is 0 Å². The number of hydrogen-bond donors (Lipinski definition) is 0. The third kappa shape index (κ3) is 4.55. The second-order valence-corrected chi connectivity index (χ2v) is 5.42. The SMILES string of the molecule is COc1ccc(COc2cccc(F)c2C(=O)CC(C)OC)cc1. The number of carbonyl (C=O) groups is 1. The van der Waals surface area contributed by atoms with Crippen LogP contribution in [0.1, 0.15) is 29.3 Å². The fraction of sp³-hybridized carbons (Fsp3) is 0.316. The Morgan fingerprint density at radius 1 is 1.12 bits per heavy atom. The molecule has 1 atom stereocenters. The molecule has 0 aliphatic heterocycles. The smallest absolute Gasteiger partial charge is 0.172 e. The van der Waals surface area contributed by atoms with Crippen LogP contribution in [0.5, 0.6) is 11.5 Å². The number of carbonyl (C=O) groups excluding carboxylic acids is 1. The van der Waals surface area contributed by atoms with Crippen molar-refractivity contribution in [1.29, 1.82) is 0 Å². The lowest BCUT2D eigenvalue weighted by Gasteiger charge is -2.14. The number of Topliss-reactive ketones (excluding diaryl/α,β-unsaturated/α-hetero) is 1. The summed E-state index contributed by atoms with van der Waals surface area (Å²) >= 11 is 0. The van der Waals surface area contributed by atoms with Crippen molar-refractivity contribution in [3.63, 3.8) is 0 Å². The van der Waals surface area contributed by atoms with Gasteiger partial charge in [-0.05, 0) is 36.8 Å². The molecule has 2 rings (SSSR count). The molecule has 0 spiro atoms. The summed E-state index contributed by atoms with van der Waals surface area (Å²) in [5.41, 5.74) is 0.860. The Kier molecular flexibility index (Phi) is 6.32. The lowest BCUT2D eigenvalue weighted by Crippen LogP contribution is -2.15. The van der Waals surface area contributed by atoms with Gasteiger partial charge in [0, 0.05) is 13.5 Å². The summed E-state index contributed by atoms with van der Waals surface area (Å²) in [6.07, 6.45) is -0.192. The average Bonchev–Trinajstić information content (AvgIpc) is 2.60. The van der Waals surface area contributed by atoms with Gasteiger partial charge in [-0.1, -0.05) is 18.2 Å². The normalized spacial score (nSPS) is 11.8. The van der Waals surface area contributed by atoms with Gasteiger partial charge in [-0.2, -0.15) is 0 Å². The van der Waals surface area contributed by atoms with Crippen LogP contribution in [0.3, 0.4) is 0 Å². The molecule has 0 bridgehead atoms. The first-order valence-electron chi connectivity index (χ1n) is 7.65. The molecule has 5 heteroatoms. The molecule has 0 saturated heterocycles. The van der Waals surface area contributed by atoms with Gasteiger partial charge in [0.25, 0.3) is 0 Å². The molecule has 0 aromatic heterocycles. The monoisotopic (exact) mass is 332 g/mol. The maximum absolute atomic E-state index is 14.1. The second-order valence-electron chi connectivity index (χ2n) is 5.42. The molecule has 0 amide bonds. The zero-order valence-electron chi connectivity index (χ0n) is 14.0. The van der Waals surface area contributed by atoms with Gasteiger partial charge in [-0.3, -0.25) is 4.79 Å². The number of halogens is 1. The largest absolute Gasteiger partial charge is 0.497 e. The minimum absolute atomic E-state index is 0.0325. The fourth-order valence-electron chi connectivity index (χ4n) is 2.22. The highest BCUT2D eigenvalue weighted by atomic mass is 19.1. The Morgan fingerprint density at radius 3 is 2.46 bits per heavy atom. The Morgan fingerprint density at radius 2 is 1.83 bits per heavy atom. The third-order valence-electron chi connectivity index (χ3n) is 3.68. The predicted molar refractivity (Wildman–Crippen MR) is 89.1 cm³/mol. The molecule has 128 valence electrons. The number of ether oxygens (including phenoxy) is 3. The van der Waals surface area contributed by atoms with Crippen molar-refractivity contribution in [3.05, 3.63) is 59.4 Å². The molecular weight excluding hydrogens is 311 g/mol. The van der Waals surface area contributed by atoms with Gasteiger partial charge in [-0.15, -0.1) is 0 Å². The van der Waals surface area contributed by atoms with E-state index in [0.29, 0.717) is 0 Å². The highest BCUT2D eigenvalue weighted by Gasteiger charge is 2.20. The van der Waals surface area contributed by atoms with Crippen LogP contribution in [0, 0.1) is 5.82 Å². The average molecular weight is 332 g/mol. The van der Waals surface area contributed by atoms with E-state index in [0.717, 1.165) is 11.3 Å². The van der Waals surface area contributed by atoms with Gasteiger partial charge in [0.2, 0.25) is 0 Å². The summed E-state index contributed by atoms with van der Waals surface area (Å²) in [5.74, 6) is 0.0516. The van der Waals surface area contributed by atoms with Crippen LogP contribution >= 0.6 is 0 Å². The van der Waals surface area contributed by atoms with E-state index in [1.54, 1.807) is 20.1 Å². The van der Waals surface area contributed by atoms with Crippen LogP contribution < -0.4 is 9.47 Å². The van der Waals surface area contributed by atoms with Crippen molar-refractivity contribution in [2.75, 3.05) is 14.2 Å². The van der Waals surface area contributed by atoms with Crippen LogP contribution in [0.15, 0.2) is 42.5 Å². The number of rotatable bonds is 8. The minimum Gasteiger partial charge on any atom is -0.497 e. The maximum Gasteiger partial charge on any atom is 0.172 e. The lowest BCUT2D eigenvalue weighted by molar-refractivity contribution is 0.0785. The van der Waals surface area contributed by atoms with Gasteiger partial charge < -0.3 is 14.2 Å². The number of hydrogen-bond acceptors (Lipinski definition) is 4. The highest BCUT2D eigenvalue weighted by Crippen LogP contribution is 2.25. The maximum atomic E-state index is 14.1. The molecule has 0 radical (unpaired) electrons. The Bertz CT molecular complexity index is 682. The van der Waals surface area contributed by atoms with E-state index in [4.69, 9.17) is 14.2 Å². The molecule has 0 heterocycles. The predicted octanol–water partition coefficient (Wildman–Crippen LogP) is 4.02. The molecule has 2 aromatic rings. The van der Waals surface area contributed by atoms with Crippen LogP contribution in [-0.4, -0.2) is 26.1 Å². The summed E-state index contributed by atoms with van der Waals surface area (Å²) in [5, 5.41) is 0.